The predicted octanol–water partition coefficient (Wildman–Crippen LogP) is 4.67. The van der Waals surface area contributed by atoms with E-state index in [0.717, 1.165) is 19.1 Å². The normalized spacial score (nSPS) is 11.2. The van der Waals surface area contributed by atoms with Crippen molar-refractivity contribution >= 4 is 33.2 Å². The number of aryl methyl sites for hydroxylation is 1. The van der Waals surface area contributed by atoms with E-state index in [2.05, 4.69) is 17.4 Å². The number of anilines is 1. The first-order valence-corrected chi connectivity index (χ1v) is 12.2. The highest BCUT2D eigenvalue weighted by molar-refractivity contribution is 7.92. The van der Waals surface area contributed by atoms with E-state index in [4.69, 9.17) is 11.6 Å². The highest BCUT2D eigenvalue weighted by Gasteiger charge is 2.19. The van der Waals surface area contributed by atoms with Gasteiger partial charge in [0, 0.05) is 17.1 Å². The van der Waals surface area contributed by atoms with Crippen LogP contribution in [0.2, 0.25) is 5.02 Å². The predicted molar refractivity (Wildman–Crippen MR) is 126 cm³/mol. The number of benzene rings is 3. The van der Waals surface area contributed by atoms with Crippen molar-refractivity contribution in [3.63, 3.8) is 0 Å². The largest absolute Gasteiger partial charge is 0.352 e. The Bertz CT molecular complexity index is 1120. The first-order chi connectivity index (χ1) is 14.8. The van der Waals surface area contributed by atoms with Gasteiger partial charge < -0.3 is 5.32 Å². The molecule has 3 aromatic carbocycles. The molecule has 0 unspecified atom stereocenters. The molecule has 0 aliphatic carbocycles. The summed E-state index contributed by atoms with van der Waals surface area (Å²) < 4.78 is 26.0. The van der Waals surface area contributed by atoms with E-state index < -0.39 is 10.0 Å². The second-order valence-corrected chi connectivity index (χ2v) is 9.57. The monoisotopic (exact) mass is 456 g/mol. The van der Waals surface area contributed by atoms with Gasteiger partial charge in [0.25, 0.3) is 5.91 Å². The molecule has 7 heteroatoms. The van der Waals surface area contributed by atoms with Gasteiger partial charge in [0.1, 0.15) is 0 Å². The summed E-state index contributed by atoms with van der Waals surface area (Å²) in [6, 6.07) is 23.8. The molecule has 0 atom stereocenters. The van der Waals surface area contributed by atoms with Crippen LogP contribution in [-0.4, -0.2) is 27.1 Å². The standard InChI is InChI=1S/C24H25ClN2O3S/c1-31(29,30)27(18-21-11-5-6-12-23(21)25)22-15-13-20(14-16-22)24(28)26-17-7-10-19-8-3-2-4-9-19/h2-6,8-9,11-16H,7,10,17-18H2,1H3,(H,26,28). The fourth-order valence-corrected chi connectivity index (χ4v) is 4.28. The molecule has 1 amide bonds. The molecular formula is C24H25ClN2O3S. The molecule has 0 saturated carbocycles. The summed E-state index contributed by atoms with van der Waals surface area (Å²) in [6.07, 6.45) is 2.89. The zero-order valence-corrected chi connectivity index (χ0v) is 18.9. The van der Waals surface area contributed by atoms with Crippen LogP contribution in [0.1, 0.15) is 27.9 Å². The summed E-state index contributed by atoms with van der Waals surface area (Å²) in [6.45, 7) is 0.682. The zero-order valence-electron chi connectivity index (χ0n) is 17.3. The minimum absolute atomic E-state index is 0.115. The Morgan fingerprint density at radius 3 is 2.23 bits per heavy atom. The van der Waals surface area contributed by atoms with Crippen molar-refractivity contribution in [2.75, 3.05) is 17.1 Å². The lowest BCUT2D eigenvalue weighted by atomic mass is 10.1. The average Bonchev–Trinajstić information content (AvgIpc) is 2.76. The van der Waals surface area contributed by atoms with Crippen molar-refractivity contribution < 1.29 is 13.2 Å². The highest BCUT2D eigenvalue weighted by Crippen LogP contribution is 2.24. The van der Waals surface area contributed by atoms with Gasteiger partial charge in [0.15, 0.2) is 0 Å². The summed E-state index contributed by atoms with van der Waals surface area (Å²) in [4.78, 5) is 12.4. The van der Waals surface area contributed by atoms with Gasteiger partial charge in [-0.05, 0) is 54.3 Å². The molecule has 31 heavy (non-hydrogen) atoms. The number of hydrogen-bond acceptors (Lipinski definition) is 3. The van der Waals surface area contributed by atoms with E-state index in [1.165, 1.54) is 9.87 Å². The van der Waals surface area contributed by atoms with Gasteiger partial charge in [-0.3, -0.25) is 9.10 Å². The Balaban J connectivity index is 1.62. The fourth-order valence-electron chi connectivity index (χ4n) is 3.20. The van der Waals surface area contributed by atoms with Crippen LogP contribution in [0, 0.1) is 0 Å². The van der Waals surface area contributed by atoms with Crippen molar-refractivity contribution in [1.29, 1.82) is 0 Å². The summed E-state index contributed by atoms with van der Waals surface area (Å²) in [7, 11) is -3.54. The molecule has 5 nitrogen and oxygen atoms in total. The molecule has 0 saturated heterocycles. The molecule has 0 bridgehead atoms. The molecule has 162 valence electrons. The maximum absolute atomic E-state index is 12.4. The number of carbonyl (C=O) groups excluding carboxylic acids is 1. The maximum Gasteiger partial charge on any atom is 0.251 e. The van der Waals surface area contributed by atoms with E-state index in [1.807, 2.05) is 24.3 Å². The SMILES string of the molecule is CS(=O)(=O)N(Cc1ccccc1Cl)c1ccc(C(=O)NCCCc2ccccc2)cc1. The second kappa shape index (κ2) is 10.5. The Kier molecular flexibility index (Phi) is 7.71. The molecular weight excluding hydrogens is 432 g/mol. The number of sulfonamides is 1. The molecule has 0 fully saturated rings. The molecule has 0 aromatic heterocycles. The van der Waals surface area contributed by atoms with Crippen molar-refractivity contribution in [3.05, 3.63) is 101 Å². The first kappa shape index (κ1) is 22.8. The Morgan fingerprint density at radius 2 is 1.58 bits per heavy atom. The second-order valence-electron chi connectivity index (χ2n) is 7.25. The summed E-state index contributed by atoms with van der Waals surface area (Å²) in [5.41, 5.74) is 2.90. The van der Waals surface area contributed by atoms with Crippen molar-refractivity contribution in [1.82, 2.24) is 5.32 Å². The lowest BCUT2D eigenvalue weighted by Crippen LogP contribution is -2.29. The van der Waals surface area contributed by atoms with Crippen LogP contribution in [0.3, 0.4) is 0 Å². The van der Waals surface area contributed by atoms with E-state index >= 15 is 0 Å². The molecule has 0 aliphatic heterocycles. The molecule has 3 rings (SSSR count). The Hall–Kier alpha value is -2.83. The van der Waals surface area contributed by atoms with Crippen molar-refractivity contribution in [2.24, 2.45) is 0 Å². The van der Waals surface area contributed by atoms with Gasteiger partial charge in [-0.15, -0.1) is 0 Å². The number of halogens is 1. The minimum Gasteiger partial charge on any atom is -0.352 e. The number of amides is 1. The Labute approximate surface area is 188 Å². The van der Waals surface area contributed by atoms with Gasteiger partial charge in [-0.1, -0.05) is 60.1 Å². The fraction of sp³-hybridized carbons (Fsp3) is 0.208. The molecule has 0 aliphatic rings. The van der Waals surface area contributed by atoms with Crippen LogP contribution < -0.4 is 9.62 Å². The van der Waals surface area contributed by atoms with Crippen molar-refractivity contribution in [3.8, 4) is 0 Å². The molecule has 0 radical (unpaired) electrons. The van der Waals surface area contributed by atoms with E-state index in [-0.39, 0.29) is 12.5 Å². The number of nitrogens with one attached hydrogen (secondary N) is 1. The maximum atomic E-state index is 12.4. The lowest BCUT2D eigenvalue weighted by molar-refractivity contribution is 0.0953. The van der Waals surface area contributed by atoms with E-state index in [1.54, 1.807) is 42.5 Å². The van der Waals surface area contributed by atoms with Gasteiger partial charge in [0.05, 0.1) is 18.5 Å². The van der Waals surface area contributed by atoms with E-state index in [9.17, 15) is 13.2 Å². The van der Waals surface area contributed by atoms with Crippen LogP contribution in [0.4, 0.5) is 5.69 Å². The van der Waals surface area contributed by atoms with Crippen LogP contribution in [0.5, 0.6) is 0 Å². The number of nitrogens with zero attached hydrogens (tertiary/aromatic N) is 1. The smallest absolute Gasteiger partial charge is 0.251 e. The number of carbonyl (C=O) groups is 1. The van der Waals surface area contributed by atoms with Crippen LogP contribution >= 0.6 is 11.6 Å². The topological polar surface area (TPSA) is 66.5 Å². The van der Waals surface area contributed by atoms with Gasteiger partial charge in [0.2, 0.25) is 10.0 Å². The molecule has 0 heterocycles. The van der Waals surface area contributed by atoms with Gasteiger partial charge in [-0.2, -0.15) is 0 Å². The molecule has 3 aromatic rings. The summed E-state index contributed by atoms with van der Waals surface area (Å²) in [5.74, 6) is -0.184. The highest BCUT2D eigenvalue weighted by atomic mass is 35.5. The zero-order chi connectivity index (χ0) is 22.3. The first-order valence-electron chi connectivity index (χ1n) is 9.98. The average molecular weight is 457 g/mol. The minimum atomic E-state index is -3.54. The third kappa shape index (κ3) is 6.57. The summed E-state index contributed by atoms with van der Waals surface area (Å²) in [5, 5.41) is 3.41. The third-order valence-electron chi connectivity index (χ3n) is 4.86. The quantitative estimate of drug-likeness (QED) is 0.476. The van der Waals surface area contributed by atoms with Crippen LogP contribution in [0.15, 0.2) is 78.9 Å². The molecule has 1 N–H and O–H groups in total. The van der Waals surface area contributed by atoms with Crippen LogP contribution in [0.25, 0.3) is 0 Å². The van der Waals surface area contributed by atoms with Gasteiger partial charge in [-0.25, -0.2) is 8.42 Å². The van der Waals surface area contributed by atoms with Crippen LogP contribution in [-0.2, 0) is 23.0 Å². The molecule has 0 spiro atoms. The van der Waals surface area contributed by atoms with Gasteiger partial charge >= 0.3 is 0 Å². The van der Waals surface area contributed by atoms with E-state index in [0.29, 0.717) is 28.4 Å². The van der Waals surface area contributed by atoms with Crippen molar-refractivity contribution in [2.45, 2.75) is 19.4 Å². The summed E-state index contributed by atoms with van der Waals surface area (Å²) >= 11 is 6.20. The number of hydrogen-bond donors (Lipinski definition) is 1. The Morgan fingerprint density at radius 1 is 0.935 bits per heavy atom. The number of rotatable bonds is 9. The lowest BCUT2D eigenvalue weighted by Gasteiger charge is -2.23. The third-order valence-corrected chi connectivity index (χ3v) is 6.37.